The van der Waals surface area contributed by atoms with E-state index in [0.717, 1.165) is 12.1 Å². The third-order valence-electron chi connectivity index (χ3n) is 2.56. The summed E-state index contributed by atoms with van der Waals surface area (Å²) in [6.45, 7) is 2.08. The van der Waals surface area contributed by atoms with Gasteiger partial charge in [-0.1, -0.05) is 19.1 Å². The Bertz CT molecular complexity index is 514. The second-order valence-corrected chi connectivity index (χ2v) is 3.59. The summed E-state index contributed by atoms with van der Waals surface area (Å²) >= 11 is 0. The van der Waals surface area contributed by atoms with Crippen molar-refractivity contribution in [3.8, 4) is 5.69 Å². The average molecular weight is 215 g/mol. The number of aryl methyl sites for hydroxylation is 1. The highest BCUT2D eigenvalue weighted by atomic mass is 16.4. The molecule has 1 heterocycles. The van der Waals surface area contributed by atoms with Gasteiger partial charge in [-0.25, -0.2) is 4.79 Å². The van der Waals surface area contributed by atoms with Crippen LogP contribution in [0.2, 0.25) is 0 Å². The van der Waals surface area contributed by atoms with Crippen LogP contribution in [-0.2, 0) is 6.42 Å². The molecule has 3 nitrogen and oxygen atoms in total. The summed E-state index contributed by atoms with van der Waals surface area (Å²) in [5, 5.41) is 9.02. The van der Waals surface area contributed by atoms with Crippen molar-refractivity contribution in [3.63, 3.8) is 0 Å². The standard InChI is InChI=1S/C13H13NO2/c1-2-10-5-3-6-11(9-10)14-8-4-7-12(14)13(15)16/h3-9H,2H2,1H3,(H,15,16). The van der Waals surface area contributed by atoms with E-state index in [9.17, 15) is 4.79 Å². The first-order chi connectivity index (χ1) is 7.72. The molecule has 0 saturated carbocycles. The number of hydrogen-bond acceptors (Lipinski definition) is 1. The van der Waals surface area contributed by atoms with Crippen LogP contribution in [0.5, 0.6) is 0 Å². The zero-order valence-corrected chi connectivity index (χ0v) is 9.05. The molecular formula is C13H13NO2. The van der Waals surface area contributed by atoms with Crippen LogP contribution in [0.4, 0.5) is 0 Å². The number of nitrogens with zero attached hydrogens (tertiary/aromatic N) is 1. The molecule has 0 aliphatic rings. The number of benzene rings is 1. The number of aromatic carboxylic acids is 1. The van der Waals surface area contributed by atoms with Crippen LogP contribution < -0.4 is 0 Å². The molecule has 0 radical (unpaired) electrons. The quantitative estimate of drug-likeness (QED) is 0.855. The molecule has 0 aliphatic heterocycles. The Morgan fingerprint density at radius 2 is 2.12 bits per heavy atom. The number of aromatic nitrogens is 1. The van der Waals surface area contributed by atoms with Gasteiger partial charge < -0.3 is 9.67 Å². The Morgan fingerprint density at radius 1 is 1.31 bits per heavy atom. The highest BCUT2D eigenvalue weighted by Gasteiger charge is 2.09. The summed E-state index contributed by atoms with van der Waals surface area (Å²) in [5.74, 6) is -0.910. The van der Waals surface area contributed by atoms with E-state index >= 15 is 0 Å². The van der Waals surface area contributed by atoms with Gasteiger partial charge in [0, 0.05) is 11.9 Å². The summed E-state index contributed by atoms with van der Waals surface area (Å²) in [6.07, 6.45) is 2.70. The highest BCUT2D eigenvalue weighted by molar-refractivity contribution is 5.86. The van der Waals surface area contributed by atoms with Crippen LogP contribution in [0.1, 0.15) is 23.0 Å². The second kappa shape index (κ2) is 4.23. The number of rotatable bonds is 3. The number of carboxylic acids is 1. The molecule has 0 amide bonds. The molecule has 0 aliphatic carbocycles. The molecule has 82 valence electrons. The van der Waals surface area contributed by atoms with Crippen LogP contribution in [0.3, 0.4) is 0 Å². The minimum absolute atomic E-state index is 0.285. The molecule has 2 aromatic rings. The molecule has 1 aromatic heterocycles. The maximum Gasteiger partial charge on any atom is 0.352 e. The lowest BCUT2D eigenvalue weighted by atomic mass is 10.1. The molecule has 0 spiro atoms. The van der Waals surface area contributed by atoms with Gasteiger partial charge in [0.15, 0.2) is 0 Å². The summed E-state index contributed by atoms with van der Waals surface area (Å²) in [4.78, 5) is 11.0. The minimum atomic E-state index is -0.910. The van der Waals surface area contributed by atoms with Crippen molar-refractivity contribution in [1.29, 1.82) is 0 Å². The number of carbonyl (C=O) groups is 1. The fraction of sp³-hybridized carbons (Fsp3) is 0.154. The van der Waals surface area contributed by atoms with Gasteiger partial charge in [0.25, 0.3) is 0 Å². The van der Waals surface area contributed by atoms with Gasteiger partial charge in [0.05, 0.1) is 0 Å². The van der Waals surface area contributed by atoms with Crippen LogP contribution in [-0.4, -0.2) is 15.6 Å². The molecule has 16 heavy (non-hydrogen) atoms. The molecule has 0 saturated heterocycles. The van der Waals surface area contributed by atoms with Crippen molar-refractivity contribution in [2.24, 2.45) is 0 Å². The first-order valence-corrected chi connectivity index (χ1v) is 5.22. The maximum atomic E-state index is 11.0. The van der Waals surface area contributed by atoms with Gasteiger partial charge in [-0.3, -0.25) is 0 Å². The Morgan fingerprint density at radius 3 is 2.81 bits per heavy atom. The predicted molar refractivity (Wildman–Crippen MR) is 62.1 cm³/mol. The Hall–Kier alpha value is -2.03. The van der Waals surface area contributed by atoms with Crippen LogP contribution >= 0.6 is 0 Å². The maximum absolute atomic E-state index is 11.0. The van der Waals surface area contributed by atoms with E-state index in [4.69, 9.17) is 5.11 Å². The van der Waals surface area contributed by atoms with Crippen LogP contribution in [0.25, 0.3) is 5.69 Å². The fourth-order valence-electron chi connectivity index (χ4n) is 1.71. The second-order valence-electron chi connectivity index (χ2n) is 3.59. The van der Waals surface area contributed by atoms with Gasteiger partial charge in [0.2, 0.25) is 0 Å². The first-order valence-electron chi connectivity index (χ1n) is 5.22. The zero-order valence-electron chi connectivity index (χ0n) is 9.05. The van der Waals surface area contributed by atoms with Crippen molar-refractivity contribution in [3.05, 3.63) is 53.9 Å². The Balaban J connectivity index is 2.50. The highest BCUT2D eigenvalue weighted by Crippen LogP contribution is 2.14. The van der Waals surface area contributed by atoms with E-state index in [2.05, 4.69) is 6.92 Å². The topological polar surface area (TPSA) is 42.2 Å². The van der Waals surface area contributed by atoms with Gasteiger partial charge >= 0.3 is 5.97 Å². The molecule has 0 fully saturated rings. The molecule has 3 heteroatoms. The largest absolute Gasteiger partial charge is 0.477 e. The van der Waals surface area contributed by atoms with Gasteiger partial charge in [-0.05, 0) is 36.2 Å². The van der Waals surface area contributed by atoms with Crippen molar-refractivity contribution >= 4 is 5.97 Å². The number of carboxylic acid groups (broad SMARTS) is 1. The first kappa shape index (κ1) is 10.5. The smallest absolute Gasteiger partial charge is 0.352 e. The van der Waals surface area contributed by atoms with E-state index in [0.29, 0.717) is 0 Å². The van der Waals surface area contributed by atoms with E-state index in [1.165, 1.54) is 5.56 Å². The monoisotopic (exact) mass is 215 g/mol. The lowest BCUT2D eigenvalue weighted by Gasteiger charge is -2.07. The summed E-state index contributed by atoms with van der Waals surface area (Å²) in [6, 6.07) is 11.2. The molecule has 0 atom stereocenters. The van der Waals surface area contributed by atoms with E-state index in [1.807, 2.05) is 24.3 Å². The van der Waals surface area contributed by atoms with Gasteiger partial charge in [0.1, 0.15) is 5.69 Å². The van der Waals surface area contributed by atoms with E-state index in [-0.39, 0.29) is 5.69 Å². The predicted octanol–water partition coefficient (Wildman–Crippen LogP) is 2.74. The molecular weight excluding hydrogens is 202 g/mol. The fourth-order valence-corrected chi connectivity index (χ4v) is 1.71. The lowest BCUT2D eigenvalue weighted by Crippen LogP contribution is -2.05. The minimum Gasteiger partial charge on any atom is -0.477 e. The SMILES string of the molecule is CCc1cccc(-n2cccc2C(=O)O)c1. The van der Waals surface area contributed by atoms with Gasteiger partial charge in [-0.15, -0.1) is 0 Å². The average Bonchev–Trinajstić information content (AvgIpc) is 2.78. The van der Waals surface area contributed by atoms with E-state index in [1.54, 1.807) is 22.9 Å². The van der Waals surface area contributed by atoms with Crippen molar-refractivity contribution < 1.29 is 9.90 Å². The molecule has 0 unspecified atom stereocenters. The van der Waals surface area contributed by atoms with Gasteiger partial charge in [-0.2, -0.15) is 0 Å². The van der Waals surface area contributed by atoms with Crippen molar-refractivity contribution in [1.82, 2.24) is 4.57 Å². The van der Waals surface area contributed by atoms with E-state index < -0.39 is 5.97 Å². The van der Waals surface area contributed by atoms with Crippen molar-refractivity contribution in [2.45, 2.75) is 13.3 Å². The van der Waals surface area contributed by atoms with Crippen molar-refractivity contribution in [2.75, 3.05) is 0 Å². The third kappa shape index (κ3) is 1.84. The zero-order chi connectivity index (χ0) is 11.5. The molecule has 1 N–H and O–H groups in total. The summed E-state index contributed by atoms with van der Waals surface area (Å²) in [5.41, 5.74) is 2.37. The molecule has 2 rings (SSSR count). The third-order valence-corrected chi connectivity index (χ3v) is 2.56. The normalized spacial score (nSPS) is 10.3. The Kier molecular flexibility index (Phi) is 2.77. The lowest BCUT2D eigenvalue weighted by molar-refractivity contribution is 0.0688. The van der Waals surface area contributed by atoms with Crippen LogP contribution in [0, 0.1) is 0 Å². The Labute approximate surface area is 94.0 Å². The molecule has 1 aromatic carbocycles. The number of hydrogen-bond donors (Lipinski definition) is 1. The summed E-state index contributed by atoms with van der Waals surface area (Å²) < 4.78 is 1.68. The van der Waals surface area contributed by atoms with Crippen LogP contribution in [0.15, 0.2) is 42.6 Å². The molecule has 0 bridgehead atoms. The summed E-state index contributed by atoms with van der Waals surface area (Å²) in [7, 11) is 0.